The molecule has 1 saturated heterocycles. The lowest BCUT2D eigenvalue weighted by Gasteiger charge is -2.21. The highest BCUT2D eigenvalue weighted by Crippen LogP contribution is 2.33. The third kappa shape index (κ3) is 2.58. The van der Waals surface area contributed by atoms with Crippen molar-refractivity contribution in [2.45, 2.75) is 26.8 Å². The first kappa shape index (κ1) is 12.7. The van der Waals surface area contributed by atoms with Gasteiger partial charge in [0.25, 0.3) is 0 Å². The first-order valence-corrected chi connectivity index (χ1v) is 6.66. The Hall–Kier alpha value is -0.730. The number of anilines is 1. The van der Waals surface area contributed by atoms with Crippen molar-refractivity contribution < 1.29 is 0 Å². The largest absolute Gasteiger partial charge is 0.370 e. The zero-order valence-electron chi connectivity index (χ0n) is 10.8. The van der Waals surface area contributed by atoms with Gasteiger partial charge in [-0.2, -0.15) is 0 Å². The monoisotopic (exact) mass is 252 g/mol. The second kappa shape index (κ2) is 4.87. The highest BCUT2D eigenvalue weighted by molar-refractivity contribution is 6.33. The average molecular weight is 253 g/mol. The summed E-state index contributed by atoms with van der Waals surface area (Å²) in [5.74, 6) is 1.47. The molecule has 2 N–H and O–H groups in total. The van der Waals surface area contributed by atoms with Crippen LogP contribution in [0.25, 0.3) is 0 Å². The summed E-state index contributed by atoms with van der Waals surface area (Å²) < 4.78 is 0. The molecule has 1 aromatic carbocycles. The Bertz CT molecular complexity index is 393. The van der Waals surface area contributed by atoms with E-state index in [9.17, 15) is 0 Å². The minimum Gasteiger partial charge on any atom is -0.370 e. The minimum absolute atomic E-state index is 0.0398. The van der Waals surface area contributed by atoms with Crippen molar-refractivity contribution in [3.8, 4) is 0 Å². The fourth-order valence-corrected chi connectivity index (χ4v) is 2.70. The highest BCUT2D eigenvalue weighted by atomic mass is 35.5. The van der Waals surface area contributed by atoms with Crippen molar-refractivity contribution in [1.29, 1.82) is 0 Å². The maximum Gasteiger partial charge on any atom is 0.0642 e. The lowest BCUT2D eigenvalue weighted by Crippen LogP contribution is -2.20. The van der Waals surface area contributed by atoms with Gasteiger partial charge in [-0.25, -0.2) is 0 Å². The highest BCUT2D eigenvalue weighted by Gasteiger charge is 2.27. The average Bonchev–Trinajstić information content (AvgIpc) is 2.58. The Morgan fingerprint density at radius 2 is 1.88 bits per heavy atom. The topological polar surface area (TPSA) is 29.3 Å². The van der Waals surface area contributed by atoms with Crippen LogP contribution in [0.1, 0.15) is 32.4 Å². The molecular formula is C14H21ClN2. The van der Waals surface area contributed by atoms with Gasteiger partial charge in [0, 0.05) is 19.1 Å². The summed E-state index contributed by atoms with van der Waals surface area (Å²) in [6.45, 7) is 8.77. The number of nitrogens with zero attached hydrogens (tertiary/aromatic N) is 1. The second-order valence-corrected chi connectivity index (χ2v) is 5.77. The van der Waals surface area contributed by atoms with Crippen molar-refractivity contribution in [2.75, 3.05) is 18.0 Å². The third-order valence-corrected chi connectivity index (χ3v) is 4.13. The Labute approximate surface area is 109 Å². The molecule has 17 heavy (non-hydrogen) atoms. The van der Waals surface area contributed by atoms with Crippen molar-refractivity contribution >= 4 is 17.3 Å². The molecule has 1 heterocycles. The zero-order chi connectivity index (χ0) is 12.6. The van der Waals surface area contributed by atoms with Crippen LogP contribution in [0.4, 0.5) is 5.69 Å². The first-order chi connectivity index (χ1) is 7.99. The molecule has 94 valence electrons. The second-order valence-electron chi connectivity index (χ2n) is 5.36. The first-order valence-electron chi connectivity index (χ1n) is 6.29. The fourth-order valence-electron chi connectivity index (χ4n) is 2.39. The predicted octanol–water partition coefficient (Wildman–Crippen LogP) is 3.45. The SMILES string of the molecule is CC(N)c1ccc(N2CC(C)C(C)C2)c(Cl)c1. The third-order valence-electron chi connectivity index (χ3n) is 3.83. The van der Waals surface area contributed by atoms with Gasteiger partial charge < -0.3 is 10.6 Å². The lowest BCUT2D eigenvalue weighted by atomic mass is 10.0. The molecule has 1 aliphatic heterocycles. The van der Waals surface area contributed by atoms with Gasteiger partial charge in [-0.05, 0) is 36.5 Å². The molecule has 1 aliphatic rings. The summed E-state index contributed by atoms with van der Waals surface area (Å²) in [5.41, 5.74) is 8.10. The van der Waals surface area contributed by atoms with Gasteiger partial charge in [0.1, 0.15) is 0 Å². The van der Waals surface area contributed by atoms with Gasteiger partial charge >= 0.3 is 0 Å². The maximum absolute atomic E-state index is 6.35. The molecule has 0 radical (unpaired) electrons. The number of benzene rings is 1. The zero-order valence-corrected chi connectivity index (χ0v) is 11.5. The Morgan fingerprint density at radius 3 is 2.35 bits per heavy atom. The van der Waals surface area contributed by atoms with E-state index < -0.39 is 0 Å². The summed E-state index contributed by atoms with van der Waals surface area (Å²) in [6, 6.07) is 6.22. The quantitative estimate of drug-likeness (QED) is 0.874. The van der Waals surface area contributed by atoms with Gasteiger partial charge in [0.2, 0.25) is 0 Å². The van der Waals surface area contributed by atoms with E-state index in [4.69, 9.17) is 17.3 Å². The van der Waals surface area contributed by atoms with Gasteiger partial charge in [-0.1, -0.05) is 31.5 Å². The number of nitrogens with two attached hydrogens (primary N) is 1. The van der Waals surface area contributed by atoms with Gasteiger partial charge in [0.15, 0.2) is 0 Å². The van der Waals surface area contributed by atoms with Crippen LogP contribution in [-0.2, 0) is 0 Å². The molecule has 3 heteroatoms. The van der Waals surface area contributed by atoms with Crippen LogP contribution >= 0.6 is 11.6 Å². The number of hydrogen-bond donors (Lipinski definition) is 1. The molecule has 2 nitrogen and oxygen atoms in total. The summed E-state index contributed by atoms with van der Waals surface area (Å²) in [6.07, 6.45) is 0. The Morgan fingerprint density at radius 1 is 1.29 bits per heavy atom. The Balaban J connectivity index is 2.23. The van der Waals surface area contributed by atoms with Crippen molar-refractivity contribution in [1.82, 2.24) is 0 Å². The van der Waals surface area contributed by atoms with Gasteiger partial charge in [-0.3, -0.25) is 0 Å². The summed E-state index contributed by atoms with van der Waals surface area (Å²) >= 11 is 6.35. The molecule has 0 bridgehead atoms. The van der Waals surface area contributed by atoms with E-state index >= 15 is 0 Å². The summed E-state index contributed by atoms with van der Waals surface area (Å²) in [7, 11) is 0. The molecule has 0 saturated carbocycles. The van der Waals surface area contributed by atoms with Crippen molar-refractivity contribution in [2.24, 2.45) is 17.6 Å². The lowest BCUT2D eigenvalue weighted by molar-refractivity contribution is 0.494. The number of halogens is 1. The molecule has 1 fully saturated rings. The van der Waals surface area contributed by atoms with Crippen LogP contribution in [-0.4, -0.2) is 13.1 Å². The van der Waals surface area contributed by atoms with E-state index in [1.54, 1.807) is 0 Å². The van der Waals surface area contributed by atoms with Crippen molar-refractivity contribution in [3.05, 3.63) is 28.8 Å². The minimum atomic E-state index is 0.0398. The molecule has 0 aromatic heterocycles. The van der Waals surface area contributed by atoms with Gasteiger partial charge in [-0.15, -0.1) is 0 Å². The molecule has 3 atom stereocenters. The van der Waals surface area contributed by atoms with E-state index in [0.717, 1.165) is 41.2 Å². The van der Waals surface area contributed by atoms with E-state index in [2.05, 4.69) is 30.9 Å². The molecule has 1 aromatic rings. The molecule has 0 spiro atoms. The summed E-state index contributed by atoms with van der Waals surface area (Å²) in [4.78, 5) is 2.38. The van der Waals surface area contributed by atoms with E-state index in [0.29, 0.717) is 0 Å². The van der Waals surface area contributed by atoms with E-state index in [1.807, 2.05) is 13.0 Å². The van der Waals surface area contributed by atoms with Crippen LogP contribution in [0.15, 0.2) is 18.2 Å². The molecule has 2 rings (SSSR count). The van der Waals surface area contributed by atoms with E-state index in [-0.39, 0.29) is 6.04 Å². The predicted molar refractivity (Wildman–Crippen MR) is 74.6 cm³/mol. The van der Waals surface area contributed by atoms with Crippen LogP contribution in [0.2, 0.25) is 5.02 Å². The Kier molecular flexibility index (Phi) is 3.64. The normalized spacial score (nSPS) is 26.3. The van der Waals surface area contributed by atoms with Crippen molar-refractivity contribution in [3.63, 3.8) is 0 Å². The smallest absolute Gasteiger partial charge is 0.0642 e. The number of hydrogen-bond acceptors (Lipinski definition) is 2. The fraction of sp³-hybridized carbons (Fsp3) is 0.571. The molecule has 3 unspecified atom stereocenters. The van der Waals surface area contributed by atoms with E-state index in [1.165, 1.54) is 0 Å². The molecular weight excluding hydrogens is 232 g/mol. The maximum atomic E-state index is 6.35. The molecule has 0 amide bonds. The standard InChI is InChI=1S/C14H21ClN2/c1-9-7-17(8-10(9)2)14-5-4-12(11(3)16)6-13(14)15/h4-6,9-11H,7-8,16H2,1-3H3. The molecule has 0 aliphatic carbocycles. The van der Waals surface area contributed by atoms with Crippen LogP contribution in [0, 0.1) is 11.8 Å². The van der Waals surface area contributed by atoms with Crippen LogP contribution in [0.5, 0.6) is 0 Å². The van der Waals surface area contributed by atoms with Crippen LogP contribution < -0.4 is 10.6 Å². The van der Waals surface area contributed by atoms with Crippen LogP contribution in [0.3, 0.4) is 0 Å². The van der Waals surface area contributed by atoms with Gasteiger partial charge in [0.05, 0.1) is 10.7 Å². The summed E-state index contributed by atoms with van der Waals surface area (Å²) in [5, 5.41) is 0.820. The number of rotatable bonds is 2.